The fourth-order valence-electron chi connectivity index (χ4n) is 3.31. The first kappa shape index (κ1) is 20.1. The van der Waals surface area contributed by atoms with Crippen LogP contribution in [-0.4, -0.2) is 27.2 Å². The Balaban J connectivity index is 1.85. The molecule has 0 spiro atoms. The van der Waals surface area contributed by atoms with E-state index in [0.29, 0.717) is 29.0 Å². The maximum absolute atomic E-state index is 13.3. The molecule has 6 heteroatoms. The van der Waals surface area contributed by atoms with Crippen molar-refractivity contribution >= 4 is 29.0 Å². The van der Waals surface area contributed by atoms with Crippen LogP contribution in [0.3, 0.4) is 0 Å². The van der Waals surface area contributed by atoms with Gasteiger partial charge in [-0.15, -0.1) is 0 Å². The third-order valence-electron chi connectivity index (χ3n) is 4.77. The van der Waals surface area contributed by atoms with E-state index in [1.54, 1.807) is 36.4 Å². The van der Waals surface area contributed by atoms with Gasteiger partial charge in [0.05, 0.1) is 28.8 Å². The molecular weight excluding hydrogens is 392 g/mol. The number of ether oxygens (including phenoxy) is 1. The van der Waals surface area contributed by atoms with Crippen molar-refractivity contribution in [1.82, 2.24) is 9.55 Å². The second kappa shape index (κ2) is 8.67. The molecule has 0 amide bonds. The van der Waals surface area contributed by atoms with Crippen LogP contribution in [0.2, 0.25) is 0 Å². The first-order valence-electron chi connectivity index (χ1n) is 9.83. The second-order valence-electron chi connectivity index (χ2n) is 6.82. The molecule has 0 saturated carbocycles. The number of benzene rings is 3. The molecule has 0 atom stereocenters. The molecule has 0 aliphatic heterocycles. The maximum Gasteiger partial charge on any atom is 0.335 e. The third kappa shape index (κ3) is 4.23. The van der Waals surface area contributed by atoms with Gasteiger partial charge in [-0.05, 0) is 67.1 Å². The van der Waals surface area contributed by atoms with E-state index in [1.807, 2.05) is 43.3 Å². The van der Waals surface area contributed by atoms with Gasteiger partial charge in [0, 0.05) is 0 Å². The van der Waals surface area contributed by atoms with Gasteiger partial charge in [-0.2, -0.15) is 0 Å². The molecule has 0 aliphatic carbocycles. The average Bonchev–Trinajstić information content (AvgIpc) is 2.78. The number of carboxylic acid groups (broad SMARTS) is 1. The molecule has 4 aromatic rings. The number of hydrogen-bond donors (Lipinski definition) is 1. The minimum Gasteiger partial charge on any atom is -0.494 e. The van der Waals surface area contributed by atoms with Gasteiger partial charge in [-0.25, -0.2) is 9.78 Å². The summed E-state index contributed by atoms with van der Waals surface area (Å²) in [6.45, 7) is 2.50. The van der Waals surface area contributed by atoms with E-state index in [9.17, 15) is 9.59 Å². The average molecular weight is 412 g/mol. The van der Waals surface area contributed by atoms with Crippen LogP contribution >= 0.6 is 0 Å². The fourth-order valence-corrected chi connectivity index (χ4v) is 3.31. The van der Waals surface area contributed by atoms with Gasteiger partial charge in [0.15, 0.2) is 0 Å². The Morgan fingerprint density at radius 3 is 2.55 bits per heavy atom. The van der Waals surface area contributed by atoms with E-state index in [0.717, 1.165) is 11.3 Å². The van der Waals surface area contributed by atoms with Crippen LogP contribution in [0, 0.1) is 0 Å². The van der Waals surface area contributed by atoms with Crippen LogP contribution in [0.25, 0.3) is 28.7 Å². The Labute approximate surface area is 178 Å². The monoisotopic (exact) mass is 412 g/mol. The normalized spacial score (nSPS) is 11.1. The molecule has 0 saturated heterocycles. The molecule has 0 bridgehead atoms. The zero-order valence-electron chi connectivity index (χ0n) is 16.9. The fraction of sp³-hybridized carbons (Fsp3) is 0.0800. The van der Waals surface area contributed by atoms with E-state index in [1.165, 1.54) is 16.7 Å². The number of fused-ring (bicyclic) bond motifs is 1. The highest BCUT2D eigenvalue weighted by Gasteiger charge is 2.12. The number of aromatic nitrogens is 2. The minimum absolute atomic E-state index is 0.148. The summed E-state index contributed by atoms with van der Waals surface area (Å²) in [4.78, 5) is 29.1. The van der Waals surface area contributed by atoms with E-state index >= 15 is 0 Å². The predicted molar refractivity (Wildman–Crippen MR) is 121 cm³/mol. The lowest BCUT2D eigenvalue weighted by Crippen LogP contribution is -2.22. The topological polar surface area (TPSA) is 81.4 Å². The SMILES string of the molecule is CCOc1cccc(/C=C/c2nc3ccccc3c(=O)n2-c2ccc(C(=O)O)cc2)c1. The molecule has 6 nitrogen and oxygen atoms in total. The van der Waals surface area contributed by atoms with Gasteiger partial charge >= 0.3 is 5.97 Å². The van der Waals surface area contributed by atoms with Gasteiger partial charge in [-0.1, -0.05) is 30.3 Å². The largest absolute Gasteiger partial charge is 0.494 e. The van der Waals surface area contributed by atoms with Crippen molar-refractivity contribution in [2.75, 3.05) is 6.61 Å². The van der Waals surface area contributed by atoms with Gasteiger partial charge in [0.25, 0.3) is 5.56 Å². The van der Waals surface area contributed by atoms with Crippen LogP contribution in [0.15, 0.2) is 77.6 Å². The molecule has 4 rings (SSSR count). The zero-order valence-corrected chi connectivity index (χ0v) is 16.9. The highest BCUT2D eigenvalue weighted by atomic mass is 16.5. The summed E-state index contributed by atoms with van der Waals surface area (Å²) in [6, 6.07) is 20.9. The summed E-state index contributed by atoms with van der Waals surface area (Å²) >= 11 is 0. The summed E-state index contributed by atoms with van der Waals surface area (Å²) in [5, 5.41) is 9.65. The van der Waals surface area contributed by atoms with Crippen LogP contribution in [0.5, 0.6) is 5.75 Å². The lowest BCUT2D eigenvalue weighted by atomic mass is 10.1. The number of carbonyl (C=O) groups is 1. The maximum atomic E-state index is 13.3. The van der Waals surface area contributed by atoms with E-state index in [2.05, 4.69) is 4.98 Å². The van der Waals surface area contributed by atoms with Crippen LogP contribution in [0.4, 0.5) is 0 Å². The van der Waals surface area contributed by atoms with Gasteiger partial charge < -0.3 is 9.84 Å². The Bertz CT molecular complexity index is 1340. The van der Waals surface area contributed by atoms with Crippen molar-refractivity contribution in [3.63, 3.8) is 0 Å². The van der Waals surface area contributed by atoms with Crippen LogP contribution < -0.4 is 10.3 Å². The summed E-state index contributed by atoms with van der Waals surface area (Å²) in [5.74, 6) is 0.177. The molecular formula is C25H20N2O4. The first-order chi connectivity index (χ1) is 15.1. The van der Waals surface area contributed by atoms with E-state index in [4.69, 9.17) is 9.84 Å². The highest BCUT2D eigenvalue weighted by Crippen LogP contribution is 2.18. The Kier molecular flexibility index (Phi) is 5.62. The smallest absolute Gasteiger partial charge is 0.335 e. The van der Waals surface area contributed by atoms with Crippen molar-refractivity contribution in [2.45, 2.75) is 6.92 Å². The number of rotatable bonds is 6. The van der Waals surface area contributed by atoms with Crippen molar-refractivity contribution in [1.29, 1.82) is 0 Å². The molecule has 1 heterocycles. The summed E-state index contributed by atoms with van der Waals surface area (Å²) < 4.78 is 7.03. The molecule has 1 aromatic heterocycles. The van der Waals surface area contributed by atoms with Crippen LogP contribution in [-0.2, 0) is 0 Å². The first-order valence-corrected chi connectivity index (χ1v) is 9.83. The number of hydrogen-bond acceptors (Lipinski definition) is 4. The summed E-state index contributed by atoms with van der Waals surface area (Å²) in [7, 11) is 0. The summed E-state index contributed by atoms with van der Waals surface area (Å²) in [5.41, 5.74) is 1.96. The molecule has 0 fully saturated rings. The molecule has 154 valence electrons. The Hall–Kier alpha value is -4.19. The molecule has 31 heavy (non-hydrogen) atoms. The van der Waals surface area contributed by atoms with E-state index in [-0.39, 0.29) is 11.1 Å². The number of nitrogens with zero attached hydrogens (tertiary/aromatic N) is 2. The van der Waals surface area contributed by atoms with Gasteiger partial charge in [0.2, 0.25) is 0 Å². The lowest BCUT2D eigenvalue weighted by molar-refractivity contribution is 0.0697. The van der Waals surface area contributed by atoms with E-state index < -0.39 is 5.97 Å². The Morgan fingerprint density at radius 1 is 1.03 bits per heavy atom. The zero-order chi connectivity index (χ0) is 21.8. The number of para-hydroxylation sites is 1. The molecule has 1 N–H and O–H groups in total. The number of carboxylic acids is 1. The lowest BCUT2D eigenvalue weighted by Gasteiger charge is -2.12. The van der Waals surface area contributed by atoms with Crippen molar-refractivity contribution < 1.29 is 14.6 Å². The molecule has 3 aromatic carbocycles. The van der Waals surface area contributed by atoms with Crippen molar-refractivity contribution in [2.24, 2.45) is 0 Å². The second-order valence-corrected chi connectivity index (χ2v) is 6.82. The number of aromatic carboxylic acids is 1. The standard InChI is InChI=1S/C25H20N2O4/c1-2-31-20-7-5-6-17(16-20)10-15-23-26-22-9-4-3-8-21(22)24(28)27(23)19-13-11-18(12-14-19)25(29)30/h3-16H,2H2,1H3,(H,29,30)/b15-10+. The third-order valence-corrected chi connectivity index (χ3v) is 4.77. The highest BCUT2D eigenvalue weighted by molar-refractivity contribution is 5.88. The molecule has 0 aliphatic rings. The quantitative estimate of drug-likeness (QED) is 0.498. The van der Waals surface area contributed by atoms with Crippen molar-refractivity contribution in [3.05, 3.63) is 100 Å². The summed E-state index contributed by atoms with van der Waals surface area (Å²) in [6.07, 6.45) is 3.63. The van der Waals surface area contributed by atoms with Crippen molar-refractivity contribution in [3.8, 4) is 11.4 Å². The van der Waals surface area contributed by atoms with Gasteiger partial charge in [0.1, 0.15) is 11.6 Å². The Morgan fingerprint density at radius 2 is 1.81 bits per heavy atom. The minimum atomic E-state index is -1.02. The van der Waals surface area contributed by atoms with Gasteiger partial charge in [-0.3, -0.25) is 9.36 Å². The molecule has 0 radical (unpaired) electrons. The molecule has 0 unspecified atom stereocenters. The van der Waals surface area contributed by atoms with Crippen LogP contribution in [0.1, 0.15) is 28.7 Å². The predicted octanol–water partition coefficient (Wildman–Crippen LogP) is 4.65.